The number of benzene rings is 1. The van der Waals surface area contributed by atoms with E-state index in [4.69, 9.17) is 19.9 Å². The number of rotatable bonds is 6. The first-order valence-electron chi connectivity index (χ1n) is 9.20. The molecule has 0 bridgehead atoms. The van der Waals surface area contributed by atoms with E-state index in [-0.39, 0.29) is 46.7 Å². The lowest BCUT2D eigenvalue weighted by atomic mass is 9.83. The van der Waals surface area contributed by atoms with Gasteiger partial charge in [-0.05, 0) is 37.6 Å². The number of nitriles is 1. The standard InChI is InChI=1S/C21H18N4O6/c1-3-29-21(26)17-12(2)30-19(23)15(11-22)18(17)13-6-8-14(9-7-13)31-20-16(25(27)28)5-4-10-24-20/h4-10,18H,3,23H2,1-2H3. The van der Waals surface area contributed by atoms with E-state index in [9.17, 15) is 20.2 Å². The van der Waals surface area contributed by atoms with E-state index in [1.807, 2.05) is 6.07 Å². The van der Waals surface area contributed by atoms with Gasteiger partial charge in [-0.1, -0.05) is 12.1 Å². The van der Waals surface area contributed by atoms with E-state index < -0.39 is 16.8 Å². The van der Waals surface area contributed by atoms with Crippen LogP contribution in [0, 0.1) is 21.4 Å². The maximum absolute atomic E-state index is 12.5. The Balaban J connectivity index is 1.97. The molecule has 1 aliphatic heterocycles. The molecule has 0 fully saturated rings. The van der Waals surface area contributed by atoms with Crippen molar-refractivity contribution in [1.82, 2.24) is 4.98 Å². The fraction of sp³-hybridized carbons (Fsp3) is 0.190. The highest BCUT2D eigenvalue weighted by atomic mass is 16.6. The highest BCUT2D eigenvalue weighted by Gasteiger charge is 2.36. The van der Waals surface area contributed by atoms with Gasteiger partial charge in [-0.3, -0.25) is 10.1 Å². The average Bonchev–Trinajstić information content (AvgIpc) is 2.74. The van der Waals surface area contributed by atoms with Crippen LogP contribution in [0.5, 0.6) is 11.6 Å². The normalized spacial score (nSPS) is 15.7. The van der Waals surface area contributed by atoms with Crippen molar-refractivity contribution >= 4 is 11.7 Å². The third kappa shape index (κ3) is 4.30. The molecule has 2 N–H and O–H groups in total. The van der Waals surface area contributed by atoms with E-state index in [1.165, 1.54) is 18.3 Å². The number of nitrogens with zero attached hydrogens (tertiary/aromatic N) is 3. The Morgan fingerprint density at radius 3 is 2.68 bits per heavy atom. The summed E-state index contributed by atoms with van der Waals surface area (Å²) in [7, 11) is 0. The third-order valence-electron chi connectivity index (χ3n) is 4.48. The van der Waals surface area contributed by atoms with E-state index >= 15 is 0 Å². The molecule has 1 aromatic carbocycles. The van der Waals surface area contributed by atoms with Crippen LogP contribution in [0.15, 0.2) is 65.4 Å². The smallest absolute Gasteiger partial charge is 0.338 e. The molecule has 158 valence electrons. The molecule has 0 spiro atoms. The number of hydrogen-bond acceptors (Lipinski definition) is 9. The highest BCUT2D eigenvalue weighted by molar-refractivity contribution is 5.92. The number of nitro groups is 1. The van der Waals surface area contributed by atoms with Crippen LogP contribution in [0.2, 0.25) is 0 Å². The lowest BCUT2D eigenvalue weighted by molar-refractivity contribution is -0.386. The molecule has 1 aliphatic rings. The van der Waals surface area contributed by atoms with Gasteiger partial charge in [0.1, 0.15) is 23.2 Å². The summed E-state index contributed by atoms with van der Waals surface area (Å²) in [6.07, 6.45) is 1.38. The minimum absolute atomic E-state index is 0.0719. The van der Waals surface area contributed by atoms with Gasteiger partial charge in [-0.2, -0.15) is 5.26 Å². The zero-order valence-electron chi connectivity index (χ0n) is 16.7. The Kier molecular flexibility index (Phi) is 6.16. The van der Waals surface area contributed by atoms with Gasteiger partial charge < -0.3 is 19.9 Å². The minimum Gasteiger partial charge on any atom is -0.463 e. The van der Waals surface area contributed by atoms with Crippen LogP contribution in [-0.4, -0.2) is 22.5 Å². The number of hydrogen-bond donors (Lipinski definition) is 1. The molecule has 0 aliphatic carbocycles. The second-order valence-electron chi connectivity index (χ2n) is 6.37. The van der Waals surface area contributed by atoms with Crippen molar-refractivity contribution in [2.75, 3.05) is 6.61 Å². The SMILES string of the molecule is CCOC(=O)C1=C(C)OC(N)=C(C#N)C1c1ccc(Oc2ncccc2[N+](=O)[O-])cc1. The van der Waals surface area contributed by atoms with Crippen LogP contribution in [0.25, 0.3) is 0 Å². The molecule has 2 aromatic rings. The molecule has 0 radical (unpaired) electrons. The van der Waals surface area contributed by atoms with Gasteiger partial charge in [0.15, 0.2) is 0 Å². The van der Waals surface area contributed by atoms with Crippen molar-refractivity contribution in [3.8, 4) is 17.7 Å². The number of aromatic nitrogens is 1. The second kappa shape index (κ2) is 8.96. The summed E-state index contributed by atoms with van der Waals surface area (Å²) in [6.45, 7) is 3.39. The molecule has 31 heavy (non-hydrogen) atoms. The zero-order chi connectivity index (χ0) is 22.5. The second-order valence-corrected chi connectivity index (χ2v) is 6.37. The topological polar surface area (TPSA) is 151 Å². The first-order chi connectivity index (χ1) is 14.9. The molecule has 10 nitrogen and oxygen atoms in total. The summed E-state index contributed by atoms with van der Waals surface area (Å²) in [5.74, 6) is -1.14. The fourth-order valence-corrected chi connectivity index (χ4v) is 3.13. The van der Waals surface area contributed by atoms with Crippen molar-refractivity contribution in [1.29, 1.82) is 5.26 Å². The van der Waals surface area contributed by atoms with Gasteiger partial charge >= 0.3 is 11.7 Å². The van der Waals surface area contributed by atoms with Crippen molar-refractivity contribution in [2.45, 2.75) is 19.8 Å². The molecule has 3 rings (SSSR count). The predicted octanol–water partition coefficient (Wildman–Crippen LogP) is 3.43. The van der Waals surface area contributed by atoms with Gasteiger partial charge in [0.2, 0.25) is 5.88 Å². The molecule has 2 heterocycles. The zero-order valence-corrected chi connectivity index (χ0v) is 16.7. The Morgan fingerprint density at radius 1 is 1.35 bits per heavy atom. The maximum Gasteiger partial charge on any atom is 0.338 e. The molecule has 0 saturated heterocycles. The van der Waals surface area contributed by atoms with Crippen molar-refractivity contribution < 1.29 is 23.9 Å². The lowest BCUT2D eigenvalue weighted by Gasteiger charge is -2.26. The predicted molar refractivity (Wildman–Crippen MR) is 107 cm³/mol. The lowest BCUT2D eigenvalue weighted by Crippen LogP contribution is -2.25. The van der Waals surface area contributed by atoms with Crippen LogP contribution in [0.4, 0.5) is 5.69 Å². The van der Waals surface area contributed by atoms with Crippen LogP contribution in [-0.2, 0) is 14.3 Å². The van der Waals surface area contributed by atoms with E-state index in [1.54, 1.807) is 38.1 Å². The number of pyridine rings is 1. The van der Waals surface area contributed by atoms with Crippen LogP contribution < -0.4 is 10.5 Å². The van der Waals surface area contributed by atoms with E-state index in [0.29, 0.717) is 5.56 Å². The van der Waals surface area contributed by atoms with Crippen LogP contribution >= 0.6 is 0 Å². The van der Waals surface area contributed by atoms with Gasteiger partial charge in [-0.15, -0.1) is 0 Å². The molecule has 1 aromatic heterocycles. The van der Waals surface area contributed by atoms with Crippen LogP contribution in [0.1, 0.15) is 25.3 Å². The minimum atomic E-state index is -0.795. The summed E-state index contributed by atoms with van der Waals surface area (Å²) < 4.78 is 16.0. The number of carbonyl (C=O) groups excluding carboxylic acids is 1. The number of ether oxygens (including phenoxy) is 3. The Hall–Kier alpha value is -4.39. The van der Waals surface area contributed by atoms with E-state index in [2.05, 4.69) is 4.98 Å². The molecule has 0 amide bonds. The molecule has 0 saturated carbocycles. The summed E-state index contributed by atoms with van der Waals surface area (Å²) in [5, 5.41) is 20.7. The van der Waals surface area contributed by atoms with Gasteiger partial charge in [-0.25, -0.2) is 9.78 Å². The van der Waals surface area contributed by atoms with Crippen molar-refractivity contribution in [3.63, 3.8) is 0 Å². The number of carbonyl (C=O) groups is 1. The van der Waals surface area contributed by atoms with Crippen molar-refractivity contribution in [2.24, 2.45) is 5.73 Å². The first-order valence-corrected chi connectivity index (χ1v) is 9.20. The summed E-state index contributed by atoms with van der Waals surface area (Å²) >= 11 is 0. The Labute approximate surface area is 177 Å². The first kappa shape index (κ1) is 21.3. The van der Waals surface area contributed by atoms with Gasteiger partial charge in [0.25, 0.3) is 5.88 Å². The Morgan fingerprint density at radius 2 is 2.06 bits per heavy atom. The van der Waals surface area contributed by atoms with Crippen molar-refractivity contribution in [3.05, 3.63) is 81.1 Å². The average molecular weight is 422 g/mol. The molecular formula is C21H18N4O6. The number of esters is 1. The quantitative estimate of drug-likeness (QED) is 0.419. The third-order valence-corrected chi connectivity index (χ3v) is 4.48. The summed E-state index contributed by atoms with van der Waals surface area (Å²) in [5.41, 5.74) is 6.40. The Bertz CT molecular complexity index is 1130. The fourth-order valence-electron chi connectivity index (χ4n) is 3.13. The summed E-state index contributed by atoms with van der Waals surface area (Å²) in [6, 6.07) is 11.1. The molecule has 10 heteroatoms. The van der Waals surface area contributed by atoms with E-state index in [0.717, 1.165) is 0 Å². The van der Waals surface area contributed by atoms with Crippen LogP contribution in [0.3, 0.4) is 0 Å². The molecular weight excluding hydrogens is 404 g/mol. The van der Waals surface area contributed by atoms with Gasteiger partial charge in [0.05, 0.1) is 23.0 Å². The highest BCUT2D eigenvalue weighted by Crippen LogP contribution is 2.40. The molecule has 1 atom stereocenters. The molecule has 1 unspecified atom stereocenters. The largest absolute Gasteiger partial charge is 0.463 e. The monoisotopic (exact) mass is 422 g/mol. The van der Waals surface area contributed by atoms with Gasteiger partial charge in [0, 0.05) is 12.3 Å². The summed E-state index contributed by atoms with van der Waals surface area (Å²) in [4.78, 5) is 27.0. The number of nitrogens with two attached hydrogens (primary N) is 1. The maximum atomic E-state index is 12.5. The number of allylic oxidation sites excluding steroid dienone is 2.